The van der Waals surface area contributed by atoms with Crippen molar-refractivity contribution < 1.29 is 14.3 Å². The number of rotatable bonds is 5. The first kappa shape index (κ1) is 16.7. The second-order valence-corrected chi connectivity index (χ2v) is 5.54. The average molecular weight is 316 g/mol. The minimum absolute atomic E-state index is 0.0130. The SMILES string of the molecule is Cc1nc(-c2cccc(C(=O)O[C@H](C)C(=O)NC(C)C)c2)n[nH]1. The lowest BCUT2D eigenvalue weighted by Crippen LogP contribution is -2.39. The summed E-state index contributed by atoms with van der Waals surface area (Å²) in [6, 6.07) is 6.77. The van der Waals surface area contributed by atoms with Crippen molar-refractivity contribution in [2.75, 3.05) is 0 Å². The van der Waals surface area contributed by atoms with Crippen LogP contribution in [0.4, 0.5) is 0 Å². The number of hydrogen-bond acceptors (Lipinski definition) is 5. The van der Waals surface area contributed by atoms with Crippen LogP contribution in [0.3, 0.4) is 0 Å². The average Bonchev–Trinajstić information content (AvgIpc) is 2.93. The lowest BCUT2D eigenvalue weighted by Gasteiger charge is -2.15. The highest BCUT2D eigenvalue weighted by molar-refractivity contribution is 5.93. The van der Waals surface area contributed by atoms with E-state index in [1.807, 2.05) is 13.8 Å². The van der Waals surface area contributed by atoms with E-state index in [9.17, 15) is 9.59 Å². The molecule has 7 heteroatoms. The maximum absolute atomic E-state index is 12.2. The first-order valence-corrected chi connectivity index (χ1v) is 7.37. The number of benzene rings is 1. The van der Waals surface area contributed by atoms with E-state index in [0.717, 1.165) is 0 Å². The van der Waals surface area contributed by atoms with E-state index in [1.165, 1.54) is 6.92 Å². The molecule has 0 aliphatic rings. The molecule has 0 spiro atoms. The van der Waals surface area contributed by atoms with Crippen molar-refractivity contribution in [1.29, 1.82) is 0 Å². The van der Waals surface area contributed by atoms with Gasteiger partial charge in [-0.3, -0.25) is 9.89 Å². The third-order valence-corrected chi connectivity index (χ3v) is 3.04. The number of aromatic amines is 1. The molecule has 1 amide bonds. The van der Waals surface area contributed by atoms with Crippen LogP contribution < -0.4 is 5.32 Å². The Morgan fingerprint density at radius 1 is 1.26 bits per heavy atom. The van der Waals surface area contributed by atoms with Gasteiger partial charge in [-0.2, -0.15) is 5.10 Å². The highest BCUT2D eigenvalue weighted by Crippen LogP contribution is 2.17. The molecule has 0 fully saturated rings. The fourth-order valence-corrected chi connectivity index (χ4v) is 1.94. The molecule has 0 unspecified atom stereocenters. The number of ether oxygens (including phenoxy) is 1. The highest BCUT2D eigenvalue weighted by Gasteiger charge is 2.19. The van der Waals surface area contributed by atoms with Crippen LogP contribution >= 0.6 is 0 Å². The second kappa shape index (κ2) is 7.04. The number of nitrogens with zero attached hydrogens (tertiary/aromatic N) is 2. The molecule has 1 atom stereocenters. The van der Waals surface area contributed by atoms with Gasteiger partial charge < -0.3 is 10.1 Å². The molecule has 0 aliphatic heterocycles. The molecule has 2 aromatic rings. The number of hydrogen-bond donors (Lipinski definition) is 2. The number of nitrogens with one attached hydrogen (secondary N) is 2. The van der Waals surface area contributed by atoms with E-state index in [-0.39, 0.29) is 11.9 Å². The Hall–Kier alpha value is -2.70. The molecule has 1 aromatic carbocycles. The van der Waals surface area contributed by atoms with E-state index in [0.29, 0.717) is 22.8 Å². The van der Waals surface area contributed by atoms with Gasteiger partial charge in [-0.1, -0.05) is 12.1 Å². The van der Waals surface area contributed by atoms with Crippen molar-refractivity contribution in [3.05, 3.63) is 35.7 Å². The molecule has 0 saturated carbocycles. The van der Waals surface area contributed by atoms with Crippen LogP contribution in [0, 0.1) is 6.92 Å². The van der Waals surface area contributed by atoms with Crippen molar-refractivity contribution in [1.82, 2.24) is 20.5 Å². The van der Waals surface area contributed by atoms with Crippen LogP contribution in [0.25, 0.3) is 11.4 Å². The Kier molecular flexibility index (Phi) is 5.10. The number of H-pyrrole nitrogens is 1. The fourth-order valence-electron chi connectivity index (χ4n) is 1.94. The largest absolute Gasteiger partial charge is 0.449 e. The van der Waals surface area contributed by atoms with E-state index in [2.05, 4.69) is 20.5 Å². The molecule has 0 bridgehead atoms. The minimum atomic E-state index is -0.862. The summed E-state index contributed by atoms with van der Waals surface area (Å²) in [5.74, 6) is 0.300. The molecule has 122 valence electrons. The van der Waals surface area contributed by atoms with Crippen LogP contribution in [-0.4, -0.2) is 39.2 Å². The first-order chi connectivity index (χ1) is 10.9. The number of amides is 1. The molecule has 1 aromatic heterocycles. The van der Waals surface area contributed by atoms with E-state index in [1.54, 1.807) is 31.2 Å². The molecule has 1 heterocycles. The summed E-state index contributed by atoms with van der Waals surface area (Å²) in [6.45, 7) is 7.02. The maximum atomic E-state index is 12.2. The molecule has 23 heavy (non-hydrogen) atoms. The monoisotopic (exact) mass is 316 g/mol. The molecule has 2 rings (SSSR count). The van der Waals surface area contributed by atoms with Gasteiger partial charge in [-0.05, 0) is 39.8 Å². The molecular formula is C16H20N4O3. The third-order valence-electron chi connectivity index (χ3n) is 3.04. The van der Waals surface area contributed by atoms with Gasteiger partial charge in [0.25, 0.3) is 5.91 Å². The normalized spacial score (nSPS) is 12.0. The van der Waals surface area contributed by atoms with Crippen LogP contribution in [-0.2, 0) is 9.53 Å². The smallest absolute Gasteiger partial charge is 0.338 e. The van der Waals surface area contributed by atoms with E-state index >= 15 is 0 Å². The Morgan fingerprint density at radius 3 is 2.61 bits per heavy atom. The number of aromatic nitrogens is 3. The zero-order chi connectivity index (χ0) is 17.0. The van der Waals surface area contributed by atoms with Crippen molar-refractivity contribution in [2.24, 2.45) is 0 Å². The zero-order valence-electron chi connectivity index (χ0n) is 13.6. The zero-order valence-corrected chi connectivity index (χ0v) is 13.6. The van der Waals surface area contributed by atoms with Gasteiger partial charge in [0.1, 0.15) is 5.82 Å². The Morgan fingerprint density at radius 2 is 2.00 bits per heavy atom. The molecule has 7 nitrogen and oxygen atoms in total. The van der Waals surface area contributed by atoms with Gasteiger partial charge >= 0.3 is 5.97 Å². The minimum Gasteiger partial charge on any atom is -0.449 e. The fraction of sp³-hybridized carbons (Fsp3) is 0.375. The number of carbonyl (C=O) groups excluding carboxylic acids is 2. The Bertz CT molecular complexity index is 709. The summed E-state index contributed by atoms with van der Waals surface area (Å²) in [5, 5.41) is 9.51. The van der Waals surface area contributed by atoms with Crippen LogP contribution in [0.15, 0.2) is 24.3 Å². The van der Waals surface area contributed by atoms with Gasteiger partial charge in [0.15, 0.2) is 11.9 Å². The first-order valence-electron chi connectivity index (χ1n) is 7.37. The van der Waals surface area contributed by atoms with Crippen LogP contribution in [0.1, 0.15) is 37.0 Å². The quantitative estimate of drug-likeness (QED) is 0.821. The van der Waals surface area contributed by atoms with Gasteiger partial charge in [0.2, 0.25) is 0 Å². The number of carbonyl (C=O) groups is 2. The predicted molar refractivity (Wildman–Crippen MR) is 84.7 cm³/mol. The third kappa shape index (κ3) is 4.38. The van der Waals surface area contributed by atoms with Crippen molar-refractivity contribution >= 4 is 11.9 Å². The summed E-state index contributed by atoms with van der Waals surface area (Å²) in [7, 11) is 0. The molecule has 0 radical (unpaired) electrons. The Balaban J connectivity index is 2.09. The standard InChI is InChI=1S/C16H20N4O3/c1-9(2)17-15(21)10(3)23-16(22)13-7-5-6-12(8-13)14-18-11(4)19-20-14/h5-10H,1-4H3,(H,17,21)(H,18,19,20)/t10-/m1/s1. The second-order valence-electron chi connectivity index (χ2n) is 5.54. The summed E-state index contributed by atoms with van der Waals surface area (Å²) in [6.07, 6.45) is -0.862. The predicted octanol–water partition coefficient (Wildman–Crippen LogP) is 1.85. The van der Waals surface area contributed by atoms with Crippen molar-refractivity contribution in [3.8, 4) is 11.4 Å². The summed E-state index contributed by atoms with van der Waals surface area (Å²) in [5.41, 5.74) is 1.04. The maximum Gasteiger partial charge on any atom is 0.338 e. The van der Waals surface area contributed by atoms with Gasteiger partial charge in [-0.25, -0.2) is 9.78 Å². The highest BCUT2D eigenvalue weighted by atomic mass is 16.5. The topological polar surface area (TPSA) is 97.0 Å². The number of esters is 1. The van der Waals surface area contributed by atoms with E-state index < -0.39 is 12.1 Å². The summed E-state index contributed by atoms with van der Waals surface area (Å²) in [4.78, 5) is 28.2. The van der Waals surface area contributed by atoms with Crippen molar-refractivity contribution in [2.45, 2.75) is 39.8 Å². The van der Waals surface area contributed by atoms with Gasteiger partial charge in [0.05, 0.1) is 5.56 Å². The lowest BCUT2D eigenvalue weighted by atomic mass is 10.1. The van der Waals surface area contributed by atoms with Crippen LogP contribution in [0.5, 0.6) is 0 Å². The lowest BCUT2D eigenvalue weighted by molar-refractivity contribution is -0.129. The Labute approximate surface area is 134 Å². The molecular weight excluding hydrogens is 296 g/mol. The van der Waals surface area contributed by atoms with Crippen molar-refractivity contribution in [3.63, 3.8) is 0 Å². The molecule has 2 N–H and O–H groups in total. The summed E-state index contributed by atoms with van der Waals surface area (Å²) >= 11 is 0. The van der Waals surface area contributed by atoms with E-state index in [4.69, 9.17) is 4.74 Å². The number of aryl methyl sites for hydroxylation is 1. The molecule has 0 aliphatic carbocycles. The molecule has 0 saturated heterocycles. The van der Waals surface area contributed by atoms with Crippen LogP contribution in [0.2, 0.25) is 0 Å². The van der Waals surface area contributed by atoms with Gasteiger partial charge in [0, 0.05) is 11.6 Å². The van der Waals surface area contributed by atoms with Gasteiger partial charge in [-0.15, -0.1) is 0 Å². The summed E-state index contributed by atoms with van der Waals surface area (Å²) < 4.78 is 5.20.